The first kappa shape index (κ1) is 26.2. The number of carbonyl (C=O) groups is 1. The highest BCUT2D eigenvalue weighted by Crippen LogP contribution is 2.39. The monoisotopic (exact) mass is 516 g/mol. The van der Waals surface area contributed by atoms with E-state index in [4.69, 9.17) is 4.74 Å². The molecule has 0 unspecified atom stereocenters. The second kappa shape index (κ2) is 10.6. The van der Waals surface area contributed by atoms with Crippen LogP contribution in [0.1, 0.15) is 48.0 Å². The molecule has 0 aliphatic heterocycles. The molecule has 9 heteroatoms. The van der Waals surface area contributed by atoms with E-state index in [9.17, 15) is 4.79 Å². The van der Waals surface area contributed by atoms with Crippen molar-refractivity contribution in [1.82, 2.24) is 15.0 Å². The Morgan fingerprint density at radius 2 is 1.73 bits per heavy atom. The summed E-state index contributed by atoms with van der Waals surface area (Å²) >= 11 is 1.47. The number of methoxy groups -OCH3 is 1. The van der Waals surface area contributed by atoms with Crippen molar-refractivity contribution in [2.75, 3.05) is 28.7 Å². The summed E-state index contributed by atoms with van der Waals surface area (Å²) in [6.45, 7) is 10.3. The molecular formula is C28H32N6O2S. The summed E-state index contributed by atoms with van der Waals surface area (Å²) in [5.41, 5.74) is 6.89. The molecule has 0 aliphatic carbocycles. The van der Waals surface area contributed by atoms with Crippen LogP contribution in [0.5, 0.6) is 5.75 Å². The molecule has 192 valence electrons. The number of fused-ring (bicyclic) bond motifs is 1. The molecule has 1 amide bonds. The van der Waals surface area contributed by atoms with Gasteiger partial charge in [-0.25, -0.2) is 15.0 Å². The van der Waals surface area contributed by atoms with Gasteiger partial charge in [0.1, 0.15) is 11.8 Å². The number of nitrogens with zero attached hydrogens (tertiary/aromatic N) is 3. The van der Waals surface area contributed by atoms with Crippen LogP contribution in [0.4, 0.5) is 22.9 Å². The fourth-order valence-electron chi connectivity index (χ4n) is 3.91. The van der Waals surface area contributed by atoms with Gasteiger partial charge < -0.3 is 20.1 Å². The summed E-state index contributed by atoms with van der Waals surface area (Å²) in [6, 6.07) is 13.4. The Morgan fingerprint density at radius 1 is 0.973 bits per heavy atom. The standard InChI is InChI=1S/C28H32N6O2S/c1-16-8-10-18(12-21(16)32-26-24-20(29-15-30-26)11-9-17(2)31-24)27(35)33-22-13-19(28(3,4)5)14-23(34-37-7)25(22)36-6/h8-15,34H,1-7H3,(H,33,35)(H,29,30,32). The molecule has 2 aromatic carbocycles. The Balaban J connectivity index is 1.68. The van der Waals surface area contributed by atoms with Crippen LogP contribution in [0, 0.1) is 13.8 Å². The van der Waals surface area contributed by atoms with E-state index >= 15 is 0 Å². The lowest BCUT2D eigenvalue weighted by atomic mass is 9.86. The van der Waals surface area contributed by atoms with Crippen LogP contribution in [-0.2, 0) is 5.41 Å². The van der Waals surface area contributed by atoms with Crippen LogP contribution in [0.3, 0.4) is 0 Å². The number of carbonyl (C=O) groups excluding carboxylic acids is 1. The molecule has 0 atom stereocenters. The van der Waals surface area contributed by atoms with Crippen molar-refractivity contribution in [2.24, 2.45) is 0 Å². The summed E-state index contributed by atoms with van der Waals surface area (Å²) in [7, 11) is 1.60. The van der Waals surface area contributed by atoms with Gasteiger partial charge in [-0.15, -0.1) is 0 Å². The molecule has 0 spiro atoms. The molecule has 2 heterocycles. The molecule has 2 aromatic heterocycles. The number of hydrogen-bond acceptors (Lipinski definition) is 8. The molecule has 8 nitrogen and oxygen atoms in total. The third kappa shape index (κ3) is 5.77. The quantitative estimate of drug-likeness (QED) is 0.235. The zero-order valence-corrected chi connectivity index (χ0v) is 23.0. The largest absolute Gasteiger partial charge is 0.492 e. The van der Waals surface area contributed by atoms with Gasteiger partial charge in [-0.2, -0.15) is 0 Å². The summed E-state index contributed by atoms with van der Waals surface area (Å²) in [6.07, 6.45) is 3.45. The Hall–Kier alpha value is -3.85. The maximum atomic E-state index is 13.4. The lowest BCUT2D eigenvalue weighted by Gasteiger charge is -2.24. The van der Waals surface area contributed by atoms with Crippen molar-refractivity contribution in [1.29, 1.82) is 0 Å². The topological polar surface area (TPSA) is 101 Å². The van der Waals surface area contributed by atoms with Crippen LogP contribution >= 0.6 is 11.9 Å². The number of anilines is 4. The lowest BCUT2D eigenvalue weighted by molar-refractivity contribution is 0.102. The van der Waals surface area contributed by atoms with E-state index in [1.54, 1.807) is 13.2 Å². The van der Waals surface area contributed by atoms with Crippen molar-refractivity contribution in [3.63, 3.8) is 0 Å². The molecule has 0 fully saturated rings. The fourth-order valence-corrected chi connectivity index (χ4v) is 4.28. The fraction of sp³-hybridized carbons (Fsp3) is 0.286. The Bertz CT molecular complexity index is 1470. The van der Waals surface area contributed by atoms with Gasteiger partial charge in [0.15, 0.2) is 11.6 Å². The normalized spacial score (nSPS) is 11.3. The van der Waals surface area contributed by atoms with Crippen LogP contribution in [-0.4, -0.2) is 34.2 Å². The molecule has 3 N–H and O–H groups in total. The van der Waals surface area contributed by atoms with E-state index in [2.05, 4.69) is 57.1 Å². The number of aromatic nitrogens is 3. The number of amides is 1. The maximum Gasteiger partial charge on any atom is 0.255 e. The van der Waals surface area contributed by atoms with Gasteiger partial charge >= 0.3 is 0 Å². The Labute approximate surface area is 221 Å². The van der Waals surface area contributed by atoms with Crippen molar-refractivity contribution >= 4 is 51.8 Å². The van der Waals surface area contributed by atoms with E-state index in [0.29, 0.717) is 28.3 Å². The van der Waals surface area contributed by atoms with Crippen molar-refractivity contribution < 1.29 is 9.53 Å². The zero-order chi connectivity index (χ0) is 26.7. The minimum absolute atomic E-state index is 0.117. The van der Waals surface area contributed by atoms with E-state index in [-0.39, 0.29) is 11.3 Å². The van der Waals surface area contributed by atoms with E-state index in [1.807, 2.05) is 50.4 Å². The van der Waals surface area contributed by atoms with Crippen molar-refractivity contribution in [2.45, 2.75) is 40.0 Å². The first-order chi connectivity index (χ1) is 17.6. The zero-order valence-electron chi connectivity index (χ0n) is 22.2. The highest BCUT2D eigenvalue weighted by Gasteiger charge is 2.21. The van der Waals surface area contributed by atoms with Gasteiger partial charge in [0.05, 0.1) is 24.0 Å². The summed E-state index contributed by atoms with van der Waals surface area (Å²) in [5.74, 6) is 0.917. The molecule has 4 aromatic rings. The van der Waals surface area contributed by atoms with Crippen molar-refractivity contribution in [3.05, 3.63) is 71.2 Å². The minimum atomic E-state index is -0.246. The summed E-state index contributed by atoms with van der Waals surface area (Å²) < 4.78 is 8.95. The average Bonchev–Trinajstić information content (AvgIpc) is 2.85. The van der Waals surface area contributed by atoms with E-state index < -0.39 is 0 Å². The van der Waals surface area contributed by atoms with Gasteiger partial charge in [0.2, 0.25) is 0 Å². The molecule has 0 aliphatic rings. The highest BCUT2D eigenvalue weighted by molar-refractivity contribution is 7.99. The molecule has 0 bridgehead atoms. The minimum Gasteiger partial charge on any atom is -0.492 e. The molecule has 37 heavy (non-hydrogen) atoms. The van der Waals surface area contributed by atoms with Crippen LogP contribution in [0.25, 0.3) is 11.0 Å². The molecule has 0 saturated heterocycles. The van der Waals surface area contributed by atoms with Crippen molar-refractivity contribution in [3.8, 4) is 5.75 Å². The molecule has 0 saturated carbocycles. The number of rotatable bonds is 7. The molecular weight excluding hydrogens is 484 g/mol. The smallest absolute Gasteiger partial charge is 0.255 e. The SMILES string of the molecule is COc1c(NSC)cc(C(C)(C)C)cc1NC(=O)c1ccc(C)c(Nc2ncnc3ccc(C)nc23)c1. The third-order valence-electron chi connectivity index (χ3n) is 5.99. The first-order valence-electron chi connectivity index (χ1n) is 11.9. The van der Waals surface area contributed by atoms with Crippen LogP contribution in [0.15, 0.2) is 48.8 Å². The number of hydrogen-bond donors (Lipinski definition) is 3. The van der Waals surface area contributed by atoms with Gasteiger partial charge in [0, 0.05) is 23.2 Å². The average molecular weight is 517 g/mol. The Morgan fingerprint density at radius 3 is 2.43 bits per heavy atom. The third-order valence-corrected chi connectivity index (χ3v) is 6.42. The Kier molecular flexibility index (Phi) is 7.54. The number of nitrogens with one attached hydrogen (secondary N) is 3. The van der Waals surface area contributed by atoms with E-state index in [1.165, 1.54) is 18.3 Å². The van der Waals surface area contributed by atoms with Crippen LogP contribution < -0.4 is 20.1 Å². The number of pyridine rings is 1. The molecule has 4 rings (SSSR count). The predicted molar refractivity (Wildman–Crippen MR) is 153 cm³/mol. The number of benzene rings is 2. The first-order valence-corrected chi connectivity index (χ1v) is 13.1. The summed E-state index contributed by atoms with van der Waals surface area (Å²) in [4.78, 5) is 26.7. The second-order valence-electron chi connectivity index (χ2n) is 9.81. The number of aryl methyl sites for hydroxylation is 2. The second-order valence-corrected chi connectivity index (χ2v) is 10.4. The van der Waals surface area contributed by atoms with Gasteiger partial charge in [-0.1, -0.05) is 38.8 Å². The highest BCUT2D eigenvalue weighted by atomic mass is 32.2. The molecule has 0 radical (unpaired) electrons. The van der Waals surface area contributed by atoms with Gasteiger partial charge in [-0.3, -0.25) is 4.79 Å². The van der Waals surface area contributed by atoms with Crippen LogP contribution in [0.2, 0.25) is 0 Å². The number of ether oxygens (including phenoxy) is 1. The lowest BCUT2D eigenvalue weighted by Crippen LogP contribution is -2.16. The van der Waals surface area contributed by atoms with Gasteiger partial charge in [0.25, 0.3) is 5.91 Å². The predicted octanol–water partition coefficient (Wildman–Crippen LogP) is 6.63. The van der Waals surface area contributed by atoms with Gasteiger partial charge in [-0.05, 0) is 66.8 Å². The summed E-state index contributed by atoms with van der Waals surface area (Å²) in [5, 5.41) is 6.41. The maximum absolute atomic E-state index is 13.4. The van der Waals surface area contributed by atoms with E-state index in [0.717, 1.165) is 33.7 Å².